The minimum Gasteiger partial charge on any atom is -0.456 e. The van der Waals surface area contributed by atoms with E-state index in [1.54, 1.807) is 0 Å². The van der Waals surface area contributed by atoms with Crippen molar-refractivity contribution < 1.29 is 4.42 Å². The third-order valence-corrected chi connectivity index (χ3v) is 12.2. The van der Waals surface area contributed by atoms with Crippen molar-refractivity contribution in [3.63, 3.8) is 0 Å². The molecule has 12 aromatic rings. The second kappa shape index (κ2) is 14.3. The Bertz CT molecular complexity index is 3530. The van der Waals surface area contributed by atoms with Crippen molar-refractivity contribution in [2.75, 3.05) is 4.90 Å². The summed E-state index contributed by atoms with van der Waals surface area (Å²) in [7, 11) is 0. The second-order valence-electron chi connectivity index (χ2n) is 15.7. The summed E-state index contributed by atoms with van der Waals surface area (Å²) in [4.78, 5) is 2.39. The minimum atomic E-state index is 0.897. The largest absolute Gasteiger partial charge is 0.456 e. The molecule has 0 saturated carbocycles. The molecule has 3 heteroatoms. The van der Waals surface area contributed by atoms with Gasteiger partial charge in [0, 0.05) is 44.0 Å². The van der Waals surface area contributed by atoms with Crippen LogP contribution in [0.5, 0.6) is 0 Å². The fourth-order valence-electron chi connectivity index (χ4n) is 9.38. The molecule has 0 saturated heterocycles. The molecule has 0 fully saturated rings. The molecule has 0 aliphatic rings. The minimum absolute atomic E-state index is 0.897. The van der Waals surface area contributed by atoms with E-state index in [9.17, 15) is 0 Å². The number of hydrogen-bond acceptors (Lipinski definition) is 2. The zero-order chi connectivity index (χ0) is 40.3. The van der Waals surface area contributed by atoms with E-state index in [2.05, 4.69) is 228 Å². The highest BCUT2D eigenvalue weighted by Crippen LogP contribution is 2.44. The molecule has 3 nitrogen and oxygen atoms in total. The molecular weight excluding hydrogens is 741 g/mol. The maximum atomic E-state index is 6.28. The number of rotatable bonds is 7. The number of fused-ring (bicyclic) bond motifs is 7. The van der Waals surface area contributed by atoms with E-state index in [4.69, 9.17) is 4.42 Å². The Hall–Kier alpha value is -8.14. The zero-order valence-electron chi connectivity index (χ0n) is 33.2. The lowest BCUT2D eigenvalue weighted by Crippen LogP contribution is -2.11. The van der Waals surface area contributed by atoms with Crippen LogP contribution in [-0.2, 0) is 0 Å². The van der Waals surface area contributed by atoms with Crippen LogP contribution in [0, 0.1) is 0 Å². The van der Waals surface area contributed by atoms with Crippen molar-refractivity contribution in [3.05, 3.63) is 231 Å². The quantitative estimate of drug-likeness (QED) is 0.161. The average molecular weight is 779 g/mol. The lowest BCUT2D eigenvalue weighted by molar-refractivity contribution is 0.669. The van der Waals surface area contributed by atoms with Crippen LogP contribution in [0.15, 0.2) is 235 Å². The Morgan fingerprint density at radius 3 is 1.61 bits per heavy atom. The number of nitrogens with zero attached hydrogens (tertiary/aromatic N) is 2. The first-order valence-electron chi connectivity index (χ1n) is 20.8. The Morgan fingerprint density at radius 2 is 0.852 bits per heavy atom. The van der Waals surface area contributed by atoms with Crippen LogP contribution in [0.4, 0.5) is 17.1 Å². The van der Waals surface area contributed by atoms with E-state index in [0.29, 0.717) is 0 Å². The molecule has 286 valence electrons. The Morgan fingerprint density at radius 1 is 0.328 bits per heavy atom. The van der Waals surface area contributed by atoms with Gasteiger partial charge in [0.2, 0.25) is 0 Å². The van der Waals surface area contributed by atoms with E-state index >= 15 is 0 Å². The van der Waals surface area contributed by atoms with Gasteiger partial charge >= 0.3 is 0 Å². The van der Waals surface area contributed by atoms with E-state index < -0.39 is 0 Å². The molecule has 0 amide bonds. The molecule has 61 heavy (non-hydrogen) atoms. The molecule has 0 N–H and O–H groups in total. The lowest BCUT2D eigenvalue weighted by Gasteiger charge is -2.28. The first-order valence-corrected chi connectivity index (χ1v) is 20.8. The van der Waals surface area contributed by atoms with Gasteiger partial charge in [-0.15, -0.1) is 0 Å². The zero-order valence-corrected chi connectivity index (χ0v) is 33.2. The second-order valence-corrected chi connectivity index (χ2v) is 15.7. The predicted molar refractivity (Wildman–Crippen MR) is 257 cm³/mol. The van der Waals surface area contributed by atoms with Crippen LogP contribution in [-0.4, -0.2) is 4.57 Å². The molecule has 2 heterocycles. The Balaban J connectivity index is 0.990. The van der Waals surface area contributed by atoms with Crippen molar-refractivity contribution in [2.45, 2.75) is 0 Å². The monoisotopic (exact) mass is 778 g/mol. The summed E-state index contributed by atoms with van der Waals surface area (Å²) in [5.74, 6) is 0. The van der Waals surface area contributed by atoms with E-state index in [0.717, 1.165) is 61.4 Å². The highest BCUT2D eigenvalue weighted by molar-refractivity contribution is 6.10. The third-order valence-electron chi connectivity index (χ3n) is 12.2. The standard InChI is InChI=1S/C58H38N2O/c1-2-16-45-40(14-1)15-13-22-47(45)48-18-4-9-24-54(48)59(43-33-28-39(29-34-43)42-32-37-52-51-21-7-12-27-57(51)61-58(52)38-42)44-35-30-41(31-36-44)46-17-3-8-23-53(46)60-55-25-10-5-19-49(55)50-20-6-11-26-56(50)60/h1-38H. The summed E-state index contributed by atoms with van der Waals surface area (Å²) in [6.45, 7) is 0. The summed E-state index contributed by atoms with van der Waals surface area (Å²) in [6.07, 6.45) is 0. The summed E-state index contributed by atoms with van der Waals surface area (Å²) < 4.78 is 8.69. The highest BCUT2D eigenvalue weighted by Gasteiger charge is 2.20. The van der Waals surface area contributed by atoms with Gasteiger partial charge in [-0.3, -0.25) is 0 Å². The lowest BCUT2D eigenvalue weighted by atomic mass is 9.95. The first-order chi connectivity index (χ1) is 30.3. The molecule has 0 bridgehead atoms. The Labute approximate surface area is 353 Å². The summed E-state index contributed by atoms with van der Waals surface area (Å²) >= 11 is 0. The topological polar surface area (TPSA) is 21.3 Å². The van der Waals surface area contributed by atoms with Crippen molar-refractivity contribution in [3.8, 4) is 39.1 Å². The maximum Gasteiger partial charge on any atom is 0.136 e. The summed E-state index contributed by atoms with van der Waals surface area (Å²) in [5, 5.41) is 7.23. The number of hydrogen-bond donors (Lipinski definition) is 0. The average Bonchev–Trinajstić information content (AvgIpc) is 3.88. The van der Waals surface area contributed by atoms with Gasteiger partial charge in [-0.05, 0) is 99.8 Å². The van der Waals surface area contributed by atoms with Crippen molar-refractivity contribution in [1.29, 1.82) is 0 Å². The van der Waals surface area contributed by atoms with Gasteiger partial charge in [-0.25, -0.2) is 0 Å². The van der Waals surface area contributed by atoms with Gasteiger partial charge in [0.1, 0.15) is 11.2 Å². The van der Waals surface area contributed by atoms with Crippen LogP contribution >= 0.6 is 0 Å². The maximum absolute atomic E-state index is 6.28. The number of furan rings is 1. The molecule has 10 aromatic carbocycles. The SMILES string of the molecule is c1ccc(N(c2ccc(-c3ccc4c(c3)oc3ccccc34)cc2)c2ccc(-c3ccccc3-n3c4ccccc4c4ccccc43)cc2)c(-c2cccc3ccccc23)c1. The number of anilines is 3. The molecule has 2 aromatic heterocycles. The fourth-order valence-corrected chi connectivity index (χ4v) is 9.38. The molecule has 0 spiro atoms. The van der Waals surface area contributed by atoms with Crippen LogP contribution in [0.1, 0.15) is 0 Å². The smallest absolute Gasteiger partial charge is 0.136 e. The number of para-hydroxylation sites is 5. The molecule has 0 atom stereocenters. The van der Waals surface area contributed by atoms with Gasteiger partial charge in [-0.1, -0.05) is 164 Å². The molecule has 0 aliphatic carbocycles. The van der Waals surface area contributed by atoms with Crippen LogP contribution in [0.3, 0.4) is 0 Å². The van der Waals surface area contributed by atoms with E-state index in [1.807, 2.05) is 12.1 Å². The van der Waals surface area contributed by atoms with E-state index in [-0.39, 0.29) is 0 Å². The van der Waals surface area contributed by atoms with Gasteiger partial charge in [0.15, 0.2) is 0 Å². The van der Waals surface area contributed by atoms with Gasteiger partial charge < -0.3 is 13.9 Å². The molecule has 0 aliphatic heterocycles. The van der Waals surface area contributed by atoms with Crippen molar-refractivity contribution in [2.24, 2.45) is 0 Å². The van der Waals surface area contributed by atoms with Crippen molar-refractivity contribution >= 4 is 71.6 Å². The van der Waals surface area contributed by atoms with Crippen LogP contribution in [0.2, 0.25) is 0 Å². The normalized spacial score (nSPS) is 11.6. The third kappa shape index (κ3) is 5.82. The first kappa shape index (κ1) is 34.9. The number of benzene rings is 10. The fraction of sp³-hybridized carbons (Fsp3) is 0. The molecule has 12 rings (SSSR count). The van der Waals surface area contributed by atoms with Crippen LogP contribution < -0.4 is 4.90 Å². The van der Waals surface area contributed by atoms with Gasteiger partial charge in [0.05, 0.1) is 22.4 Å². The van der Waals surface area contributed by atoms with Gasteiger partial charge in [-0.2, -0.15) is 0 Å². The Kier molecular flexibility index (Phi) is 8.17. The van der Waals surface area contributed by atoms with Crippen molar-refractivity contribution in [1.82, 2.24) is 4.57 Å². The predicted octanol–water partition coefficient (Wildman–Crippen LogP) is 16.3. The van der Waals surface area contributed by atoms with Crippen LogP contribution in [0.25, 0.3) is 93.6 Å². The molecule has 0 unspecified atom stereocenters. The highest BCUT2D eigenvalue weighted by atomic mass is 16.3. The summed E-state index contributed by atoms with van der Waals surface area (Å²) in [5.41, 5.74) is 15.5. The van der Waals surface area contributed by atoms with Gasteiger partial charge in [0.25, 0.3) is 0 Å². The summed E-state index contributed by atoms with van der Waals surface area (Å²) in [6, 6.07) is 83.0. The number of aromatic nitrogens is 1. The molecular formula is C58H38N2O. The van der Waals surface area contributed by atoms with E-state index in [1.165, 1.54) is 49.3 Å². The molecule has 0 radical (unpaired) electrons.